The molecular formula is C20H24N2O3. The van der Waals surface area contributed by atoms with Gasteiger partial charge in [0.1, 0.15) is 5.75 Å². The molecule has 0 radical (unpaired) electrons. The van der Waals surface area contributed by atoms with E-state index < -0.39 is 6.10 Å². The summed E-state index contributed by atoms with van der Waals surface area (Å²) in [6.07, 6.45) is 3.67. The van der Waals surface area contributed by atoms with Crippen molar-refractivity contribution >= 4 is 11.7 Å². The number of carbonyl (C=O) groups excluding carboxylic acids is 1. The molecule has 0 spiro atoms. The van der Waals surface area contributed by atoms with E-state index in [1.165, 1.54) is 17.5 Å². The second-order valence-corrected chi connectivity index (χ2v) is 6.27. The van der Waals surface area contributed by atoms with Crippen molar-refractivity contribution in [1.29, 1.82) is 0 Å². The summed E-state index contributed by atoms with van der Waals surface area (Å²) in [7, 11) is 1.60. The third-order valence-electron chi connectivity index (χ3n) is 4.60. The molecule has 0 bridgehead atoms. The lowest BCUT2D eigenvalue weighted by atomic mass is 9.90. The SMILES string of the molecule is COc1ccc(C(O)CNC(=O)Nc2cccc3c2CCCC3)cc1. The number of aryl methyl sites for hydroxylation is 1. The normalized spacial score (nSPS) is 14.3. The lowest BCUT2D eigenvalue weighted by molar-refractivity contribution is 0.175. The number of fused-ring (bicyclic) bond motifs is 1. The number of carbonyl (C=O) groups is 1. The van der Waals surface area contributed by atoms with Crippen molar-refractivity contribution in [1.82, 2.24) is 5.32 Å². The summed E-state index contributed by atoms with van der Waals surface area (Å²) in [5, 5.41) is 15.9. The smallest absolute Gasteiger partial charge is 0.319 e. The topological polar surface area (TPSA) is 70.6 Å². The van der Waals surface area contributed by atoms with Gasteiger partial charge in [-0.05, 0) is 60.6 Å². The minimum Gasteiger partial charge on any atom is -0.497 e. The van der Waals surface area contributed by atoms with Crippen LogP contribution in [-0.4, -0.2) is 24.8 Å². The number of methoxy groups -OCH3 is 1. The molecule has 2 amide bonds. The van der Waals surface area contributed by atoms with Gasteiger partial charge < -0.3 is 20.5 Å². The zero-order valence-electron chi connectivity index (χ0n) is 14.4. The highest BCUT2D eigenvalue weighted by Crippen LogP contribution is 2.27. The number of benzene rings is 2. The van der Waals surface area contributed by atoms with E-state index in [0.29, 0.717) is 0 Å². The Morgan fingerprint density at radius 3 is 2.68 bits per heavy atom. The van der Waals surface area contributed by atoms with Gasteiger partial charge in [0.15, 0.2) is 0 Å². The molecule has 3 rings (SSSR count). The number of nitrogens with one attached hydrogen (secondary N) is 2. The zero-order chi connectivity index (χ0) is 17.6. The van der Waals surface area contributed by atoms with Crippen LogP contribution >= 0.6 is 0 Å². The number of ether oxygens (including phenoxy) is 1. The number of anilines is 1. The highest BCUT2D eigenvalue weighted by Gasteiger charge is 2.15. The van der Waals surface area contributed by atoms with Crippen LogP contribution in [0.1, 0.15) is 35.6 Å². The van der Waals surface area contributed by atoms with E-state index in [4.69, 9.17) is 4.74 Å². The summed E-state index contributed by atoms with van der Waals surface area (Å²) in [6.45, 7) is 0.146. The zero-order valence-corrected chi connectivity index (χ0v) is 14.4. The molecule has 1 aliphatic rings. The third kappa shape index (κ3) is 4.31. The summed E-state index contributed by atoms with van der Waals surface area (Å²) in [4.78, 5) is 12.2. The predicted octanol–water partition coefficient (Wildman–Crippen LogP) is 3.43. The van der Waals surface area contributed by atoms with Gasteiger partial charge >= 0.3 is 6.03 Å². The number of rotatable bonds is 5. The van der Waals surface area contributed by atoms with Crippen LogP contribution in [0.5, 0.6) is 5.75 Å². The standard InChI is InChI=1S/C20H24N2O3/c1-25-16-11-9-15(10-12-16)19(23)13-21-20(24)22-18-8-4-6-14-5-2-3-7-17(14)18/h4,6,8-12,19,23H,2-3,5,7,13H2,1H3,(H2,21,22,24). The van der Waals surface area contributed by atoms with Gasteiger partial charge in [-0.3, -0.25) is 0 Å². The van der Waals surface area contributed by atoms with Crippen LogP contribution in [-0.2, 0) is 12.8 Å². The maximum absolute atomic E-state index is 12.2. The number of aliphatic hydroxyl groups is 1. The summed E-state index contributed by atoms with van der Waals surface area (Å²) in [6, 6.07) is 12.9. The lowest BCUT2D eigenvalue weighted by Gasteiger charge is -2.20. The minimum absolute atomic E-state index is 0.146. The van der Waals surface area contributed by atoms with E-state index >= 15 is 0 Å². The molecule has 0 heterocycles. The van der Waals surface area contributed by atoms with E-state index in [1.807, 2.05) is 12.1 Å². The van der Waals surface area contributed by atoms with Crippen molar-refractivity contribution < 1.29 is 14.6 Å². The fourth-order valence-corrected chi connectivity index (χ4v) is 3.20. The predicted molar refractivity (Wildman–Crippen MR) is 98.1 cm³/mol. The van der Waals surface area contributed by atoms with Crippen LogP contribution in [0.4, 0.5) is 10.5 Å². The van der Waals surface area contributed by atoms with Crippen LogP contribution in [0.3, 0.4) is 0 Å². The lowest BCUT2D eigenvalue weighted by Crippen LogP contribution is -2.32. The molecule has 0 saturated carbocycles. The first kappa shape index (κ1) is 17.3. The Morgan fingerprint density at radius 1 is 1.16 bits per heavy atom. The maximum Gasteiger partial charge on any atom is 0.319 e. The fraction of sp³-hybridized carbons (Fsp3) is 0.350. The van der Waals surface area contributed by atoms with Crippen LogP contribution in [0.25, 0.3) is 0 Å². The number of hydrogen-bond donors (Lipinski definition) is 3. The summed E-state index contributed by atoms with van der Waals surface area (Å²) in [5.74, 6) is 0.732. The molecule has 0 saturated heterocycles. The summed E-state index contributed by atoms with van der Waals surface area (Å²) < 4.78 is 5.10. The molecule has 3 N–H and O–H groups in total. The van der Waals surface area contributed by atoms with Crippen molar-refractivity contribution in [2.45, 2.75) is 31.8 Å². The number of amides is 2. The van der Waals surface area contributed by atoms with E-state index in [1.54, 1.807) is 31.4 Å². The molecule has 0 aromatic heterocycles. The van der Waals surface area contributed by atoms with E-state index in [-0.39, 0.29) is 12.6 Å². The molecule has 25 heavy (non-hydrogen) atoms. The number of hydrogen-bond acceptors (Lipinski definition) is 3. The molecule has 0 fully saturated rings. The van der Waals surface area contributed by atoms with Gasteiger partial charge in [-0.1, -0.05) is 24.3 Å². The quantitative estimate of drug-likeness (QED) is 0.781. The van der Waals surface area contributed by atoms with Crippen LogP contribution in [0, 0.1) is 0 Å². The van der Waals surface area contributed by atoms with Crippen molar-refractivity contribution in [3.8, 4) is 5.75 Å². The van der Waals surface area contributed by atoms with Crippen LogP contribution < -0.4 is 15.4 Å². The Bertz CT molecular complexity index is 728. The molecule has 2 aromatic carbocycles. The molecule has 1 unspecified atom stereocenters. The second-order valence-electron chi connectivity index (χ2n) is 6.27. The maximum atomic E-state index is 12.2. The Morgan fingerprint density at radius 2 is 1.92 bits per heavy atom. The molecule has 1 aliphatic carbocycles. The third-order valence-corrected chi connectivity index (χ3v) is 4.60. The Labute approximate surface area is 148 Å². The van der Waals surface area contributed by atoms with Crippen molar-refractivity contribution in [3.63, 3.8) is 0 Å². The van der Waals surface area contributed by atoms with E-state index in [0.717, 1.165) is 36.3 Å². The molecular weight excluding hydrogens is 316 g/mol. The van der Waals surface area contributed by atoms with E-state index in [9.17, 15) is 9.90 Å². The minimum atomic E-state index is -0.763. The largest absolute Gasteiger partial charge is 0.497 e. The van der Waals surface area contributed by atoms with Gasteiger partial charge in [-0.2, -0.15) is 0 Å². The first-order chi connectivity index (χ1) is 12.2. The Balaban J connectivity index is 1.56. The van der Waals surface area contributed by atoms with Crippen molar-refractivity contribution in [2.75, 3.05) is 19.0 Å². The van der Waals surface area contributed by atoms with Gasteiger partial charge in [0.25, 0.3) is 0 Å². The van der Waals surface area contributed by atoms with Gasteiger partial charge in [0.05, 0.1) is 13.2 Å². The van der Waals surface area contributed by atoms with Gasteiger partial charge in [0.2, 0.25) is 0 Å². The molecule has 5 nitrogen and oxygen atoms in total. The highest BCUT2D eigenvalue weighted by molar-refractivity contribution is 5.90. The number of urea groups is 1. The monoisotopic (exact) mass is 340 g/mol. The molecule has 1 atom stereocenters. The van der Waals surface area contributed by atoms with Gasteiger partial charge in [0, 0.05) is 12.2 Å². The Hall–Kier alpha value is -2.53. The average Bonchev–Trinajstić information content (AvgIpc) is 2.66. The summed E-state index contributed by atoms with van der Waals surface area (Å²) >= 11 is 0. The molecule has 5 heteroatoms. The number of aliphatic hydroxyl groups excluding tert-OH is 1. The van der Waals surface area contributed by atoms with Crippen molar-refractivity contribution in [2.24, 2.45) is 0 Å². The highest BCUT2D eigenvalue weighted by atomic mass is 16.5. The molecule has 2 aromatic rings. The van der Waals surface area contributed by atoms with E-state index in [2.05, 4.69) is 16.7 Å². The average molecular weight is 340 g/mol. The van der Waals surface area contributed by atoms with Gasteiger partial charge in [-0.25, -0.2) is 4.79 Å². The van der Waals surface area contributed by atoms with Crippen LogP contribution in [0.2, 0.25) is 0 Å². The fourth-order valence-electron chi connectivity index (χ4n) is 3.20. The summed E-state index contributed by atoms with van der Waals surface area (Å²) in [5.41, 5.74) is 4.16. The van der Waals surface area contributed by atoms with Crippen molar-refractivity contribution in [3.05, 3.63) is 59.2 Å². The van der Waals surface area contributed by atoms with Crippen LogP contribution in [0.15, 0.2) is 42.5 Å². The Kier molecular flexibility index (Phi) is 5.56. The first-order valence-corrected chi connectivity index (χ1v) is 8.65. The second kappa shape index (κ2) is 8.03. The van der Waals surface area contributed by atoms with Gasteiger partial charge in [-0.15, -0.1) is 0 Å². The molecule has 0 aliphatic heterocycles. The first-order valence-electron chi connectivity index (χ1n) is 8.65. The molecule has 132 valence electrons.